The number of aromatic carboxylic acids is 2. The highest BCUT2D eigenvalue weighted by Gasteiger charge is 2.23. The van der Waals surface area contributed by atoms with E-state index >= 15 is 0 Å². The first-order valence-electron chi connectivity index (χ1n) is 9.52. The third-order valence-electron chi connectivity index (χ3n) is 5.43. The molecule has 7 heteroatoms. The number of rotatable bonds is 3. The second-order valence-corrected chi connectivity index (χ2v) is 7.41. The molecule has 0 amide bonds. The largest absolute Gasteiger partial charge is 0.478 e. The van der Waals surface area contributed by atoms with Crippen molar-refractivity contribution in [2.24, 2.45) is 4.99 Å². The van der Waals surface area contributed by atoms with Gasteiger partial charge in [-0.3, -0.25) is 4.99 Å². The van der Waals surface area contributed by atoms with Crippen molar-refractivity contribution in [3.63, 3.8) is 0 Å². The molecule has 2 aromatic rings. The molecule has 7 nitrogen and oxygen atoms in total. The van der Waals surface area contributed by atoms with Crippen molar-refractivity contribution in [1.82, 2.24) is 0 Å². The van der Waals surface area contributed by atoms with E-state index in [1.54, 1.807) is 19.2 Å². The average molecular weight is 416 g/mol. The maximum absolute atomic E-state index is 12.1. The Morgan fingerprint density at radius 1 is 0.935 bits per heavy atom. The summed E-state index contributed by atoms with van der Waals surface area (Å²) >= 11 is 0. The first-order valence-corrected chi connectivity index (χ1v) is 9.52. The minimum Gasteiger partial charge on any atom is -0.478 e. The molecule has 0 aromatic heterocycles. The predicted molar refractivity (Wildman–Crippen MR) is 118 cm³/mol. The molecule has 0 radical (unpaired) electrons. The highest BCUT2D eigenvalue weighted by Crippen LogP contribution is 2.42. The fourth-order valence-corrected chi connectivity index (χ4v) is 3.81. The molecule has 1 aliphatic carbocycles. The number of carboxylic acids is 2. The Bertz CT molecular complexity index is 1430. The first-order chi connectivity index (χ1) is 14.7. The van der Waals surface area contributed by atoms with Crippen LogP contribution in [0.1, 0.15) is 31.8 Å². The molecule has 4 N–H and O–H groups in total. The Hall–Kier alpha value is -4.13. The molecule has 0 bridgehead atoms. The van der Waals surface area contributed by atoms with Crippen LogP contribution in [-0.2, 0) is 0 Å². The van der Waals surface area contributed by atoms with Crippen LogP contribution >= 0.6 is 0 Å². The molecule has 31 heavy (non-hydrogen) atoms. The van der Waals surface area contributed by atoms with E-state index in [4.69, 9.17) is 10.2 Å². The Morgan fingerprint density at radius 2 is 1.68 bits per heavy atom. The van der Waals surface area contributed by atoms with Gasteiger partial charge in [-0.1, -0.05) is 6.07 Å². The quantitative estimate of drug-likeness (QED) is 0.337. The van der Waals surface area contributed by atoms with Gasteiger partial charge in [0.25, 0.3) is 0 Å². The van der Waals surface area contributed by atoms with Crippen LogP contribution in [0.5, 0.6) is 0 Å². The molecule has 0 fully saturated rings. The fourth-order valence-electron chi connectivity index (χ4n) is 3.81. The molecule has 4 rings (SSSR count). The summed E-state index contributed by atoms with van der Waals surface area (Å²) in [6, 6.07) is 11.4. The maximum Gasteiger partial charge on any atom is 0.336 e. The van der Waals surface area contributed by atoms with E-state index < -0.39 is 11.9 Å². The van der Waals surface area contributed by atoms with Gasteiger partial charge in [0.2, 0.25) is 0 Å². The number of nitrogen functional groups attached to an aromatic ring is 1. The normalized spacial score (nSPS) is 11.9. The van der Waals surface area contributed by atoms with Crippen LogP contribution in [0, 0.1) is 13.8 Å². The van der Waals surface area contributed by atoms with E-state index in [1.165, 1.54) is 18.2 Å². The summed E-state index contributed by atoms with van der Waals surface area (Å²) in [5.41, 5.74) is 10.4. The van der Waals surface area contributed by atoms with Crippen LogP contribution < -0.4 is 11.1 Å². The van der Waals surface area contributed by atoms with E-state index in [-0.39, 0.29) is 11.1 Å². The van der Waals surface area contributed by atoms with Crippen molar-refractivity contribution in [3.8, 4) is 22.5 Å². The van der Waals surface area contributed by atoms with Crippen LogP contribution in [0.25, 0.3) is 33.4 Å². The number of benzene rings is 3. The lowest BCUT2D eigenvalue weighted by atomic mass is 9.88. The van der Waals surface area contributed by atoms with Crippen molar-refractivity contribution in [2.45, 2.75) is 13.8 Å². The predicted octanol–water partition coefficient (Wildman–Crippen LogP) is 4.33. The lowest BCUT2D eigenvalue weighted by molar-refractivity contribution is 0.0696. The molecule has 0 unspecified atom stereocenters. The molecule has 0 saturated heterocycles. The summed E-state index contributed by atoms with van der Waals surface area (Å²) in [6.45, 7) is 3.77. The van der Waals surface area contributed by atoms with Gasteiger partial charge in [0.1, 0.15) is 11.3 Å². The van der Waals surface area contributed by atoms with Gasteiger partial charge < -0.3 is 20.4 Å². The molecule has 156 valence electrons. The van der Waals surface area contributed by atoms with Gasteiger partial charge in [0.15, 0.2) is 0 Å². The van der Waals surface area contributed by atoms with Gasteiger partial charge in [0, 0.05) is 41.4 Å². The number of nitrogens with zero attached hydrogens (tertiary/aromatic N) is 1. The van der Waals surface area contributed by atoms with Crippen molar-refractivity contribution >= 4 is 28.6 Å². The lowest BCUT2D eigenvalue weighted by Gasteiger charge is -2.18. The van der Waals surface area contributed by atoms with Crippen molar-refractivity contribution in [1.29, 1.82) is 0 Å². The minimum atomic E-state index is -1.22. The molecule has 1 aliphatic heterocycles. The summed E-state index contributed by atoms with van der Waals surface area (Å²) < 4.78 is 6.12. The van der Waals surface area contributed by atoms with Crippen molar-refractivity contribution < 1.29 is 24.2 Å². The molecule has 2 aromatic carbocycles. The number of hydrogen-bond acceptors (Lipinski definition) is 5. The Morgan fingerprint density at radius 3 is 2.32 bits per heavy atom. The standard InChI is InChI=1S/C24H20N2O5/c1-11-6-16-20(9-18(11)25)31-21-10-19(26-3)12(2)7-17(21)22(16)14-5-4-13(23(27)28)8-15(14)24(29)30/h4-10H,25H2,1-3H3,(H,27,28)(H,29,30)/b26-19+. The molecular weight excluding hydrogens is 396 g/mol. The van der Waals surface area contributed by atoms with Crippen LogP contribution in [0.2, 0.25) is 0 Å². The van der Waals surface area contributed by atoms with Crippen molar-refractivity contribution in [3.05, 3.63) is 70.1 Å². The minimum absolute atomic E-state index is 0.0981. The number of aryl methyl sites for hydroxylation is 2. The van der Waals surface area contributed by atoms with Crippen LogP contribution in [0.4, 0.5) is 5.69 Å². The Labute approximate surface area is 177 Å². The number of anilines is 1. The Balaban J connectivity index is 2.23. The number of carboxylic acid groups (broad SMARTS) is 2. The van der Waals surface area contributed by atoms with E-state index in [0.717, 1.165) is 16.5 Å². The zero-order valence-corrected chi connectivity index (χ0v) is 17.2. The Kier molecular flexibility index (Phi) is 4.74. The number of carbonyl (C=O) groups is 2. The fraction of sp³-hybridized carbons (Fsp3) is 0.125. The number of hydrogen-bond donors (Lipinski definition) is 3. The number of fused-ring (bicyclic) bond motifs is 2. The summed E-state index contributed by atoms with van der Waals surface area (Å²) in [4.78, 5) is 27.8. The second-order valence-electron chi connectivity index (χ2n) is 7.41. The third kappa shape index (κ3) is 3.30. The van der Waals surface area contributed by atoms with Crippen LogP contribution in [-0.4, -0.2) is 29.2 Å². The van der Waals surface area contributed by atoms with Crippen LogP contribution in [0.15, 0.2) is 51.9 Å². The van der Waals surface area contributed by atoms with Crippen molar-refractivity contribution in [2.75, 3.05) is 12.8 Å². The highest BCUT2D eigenvalue weighted by molar-refractivity contribution is 6.09. The molecule has 0 saturated carbocycles. The monoisotopic (exact) mass is 416 g/mol. The zero-order chi connectivity index (χ0) is 22.4. The summed E-state index contributed by atoms with van der Waals surface area (Å²) in [5, 5.41) is 20.6. The average Bonchev–Trinajstić information content (AvgIpc) is 2.72. The molecule has 2 aliphatic rings. The van der Waals surface area contributed by atoms with Gasteiger partial charge in [-0.15, -0.1) is 0 Å². The van der Waals surface area contributed by atoms with Gasteiger partial charge in [-0.05, 0) is 54.8 Å². The topological polar surface area (TPSA) is 126 Å². The SMILES string of the molecule is C/N=c1\cc2oc3cc(N)c(C)cc3c(-c3ccc(C(=O)O)cc3C(=O)O)c-2cc1C. The van der Waals surface area contributed by atoms with E-state index in [2.05, 4.69) is 4.99 Å². The van der Waals surface area contributed by atoms with E-state index in [1.807, 2.05) is 26.0 Å². The van der Waals surface area contributed by atoms with E-state index in [0.29, 0.717) is 39.1 Å². The summed E-state index contributed by atoms with van der Waals surface area (Å²) in [6.07, 6.45) is 0. The molecule has 0 spiro atoms. The second kappa shape index (κ2) is 7.28. The lowest BCUT2D eigenvalue weighted by Crippen LogP contribution is -2.09. The molecular formula is C24H20N2O5. The summed E-state index contributed by atoms with van der Waals surface area (Å²) in [5.74, 6) is -1.89. The zero-order valence-electron chi connectivity index (χ0n) is 17.2. The molecule has 0 atom stereocenters. The van der Waals surface area contributed by atoms with Gasteiger partial charge in [0.05, 0.1) is 16.5 Å². The van der Waals surface area contributed by atoms with Crippen LogP contribution in [0.3, 0.4) is 0 Å². The molecule has 1 heterocycles. The van der Waals surface area contributed by atoms with Gasteiger partial charge in [-0.25, -0.2) is 9.59 Å². The van der Waals surface area contributed by atoms with E-state index in [9.17, 15) is 19.8 Å². The maximum atomic E-state index is 12.1. The number of nitrogens with two attached hydrogens (primary N) is 1. The highest BCUT2D eigenvalue weighted by atomic mass is 16.4. The van der Waals surface area contributed by atoms with Gasteiger partial charge >= 0.3 is 11.9 Å². The smallest absolute Gasteiger partial charge is 0.336 e. The van der Waals surface area contributed by atoms with Gasteiger partial charge in [-0.2, -0.15) is 0 Å². The first kappa shape index (κ1) is 20.2. The third-order valence-corrected chi connectivity index (χ3v) is 5.43. The summed E-state index contributed by atoms with van der Waals surface area (Å²) in [7, 11) is 1.69.